The second-order valence-corrected chi connectivity index (χ2v) is 4.22. The van der Waals surface area contributed by atoms with Crippen LogP contribution in [0.5, 0.6) is 0 Å². The first-order valence-electron chi connectivity index (χ1n) is 5.31. The summed E-state index contributed by atoms with van der Waals surface area (Å²) in [6.45, 7) is 2.44. The third-order valence-electron chi connectivity index (χ3n) is 2.17. The van der Waals surface area contributed by atoms with Gasteiger partial charge in [-0.25, -0.2) is 4.39 Å². The number of hydrogen-bond acceptors (Lipinski definition) is 1. The molecule has 0 aliphatic heterocycles. The van der Waals surface area contributed by atoms with Crippen molar-refractivity contribution in [3.8, 4) is 0 Å². The van der Waals surface area contributed by atoms with Gasteiger partial charge in [0, 0.05) is 12.1 Å². The molecule has 1 N–H and O–H groups in total. The van der Waals surface area contributed by atoms with Crippen molar-refractivity contribution in [3.63, 3.8) is 0 Å². The van der Waals surface area contributed by atoms with Crippen molar-refractivity contribution < 1.29 is 9.18 Å². The molecule has 1 unspecified atom stereocenters. The molecule has 0 saturated carbocycles. The number of halogens is 2. The van der Waals surface area contributed by atoms with Crippen LogP contribution in [0, 0.1) is 5.82 Å². The molecule has 0 bridgehead atoms. The predicted molar refractivity (Wildman–Crippen MR) is 63.3 cm³/mol. The molecule has 4 heteroatoms. The van der Waals surface area contributed by atoms with Crippen LogP contribution in [0.3, 0.4) is 0 Å². The summed E-state index contributed by atoms with van der Waals surface area (Å²) in [5, 5.41) is 2.61. The van der Waals surface area contributed by atoms with E-state index in [2.05, 4.69) is 5.32 Å². The lowest BCUT2D eigenvalue weighted by Gasteiger charge is -2.09. The lowest BCUT2D eigenvalue weighted by molar-refractivity contribution is 0.0953. The third kappa shape index (κ3) is 4.19. The molecule has 16 heavy (non-hydrogen) atoms. The lowest BCUT2D eigenvalue weighted by atomic mass is 10.2. The summed E-state index contributed by atoms with van der Waals surface area (Å²) in [6, 6.07) is 5.59. The minimum absolute atomic E-state index is 0.0671. The summed E-state index contributed by atoms with van der Waals surface area (Å²) >= 11 is 5.95. The molecule has 1 aromatic carbocycles. The van der Waals surface area contributed by atoms with E-state index in [9.17, 15) is 9.18 Å². The summed E-state index contributed by atoms with van der Waals surface area (Å²) < 4.78 is 12.8. The van der Waals surface area contributed by atoms with E-state index in [0.717, 1.165) is 12.8 Å². The van der Waals surface area contributed by atoms with Crippen LogP contribution in [0.15, 0.2) is 24.3 Å². The number of alkyl halides is 1. The molecule has 0 fully saturated rings. The average molecular weight is 244 g/mol. The maximum absolute atomic E-state index is 12.8. The summed E-state index contributed by atoms with van der Waals surface area (Å²) in [5.41, 5.74) is 0.320. The van der Waals surface area contributed by atoms with Crippen LogP contribution in [-0.2, 0) is 0 Å². The van der Waals surface area contributed by atoms with E-state index >= 15 is 0 Å². The Kier molecular flexibility index (Phi) is 5.26. The molecular formula is C12H15ClFNO. The van der Waals surface area contributed by atoms with Gasteiger partial charge in [0.1, 0.15) is 5.82 Å². The molecule has 1 rings (SSSR count). The molecule has 1 aromatic rings. The number of rotatable bonds is 5. The zero-order valence-electron chi connectivity index (χ0n) is 9.17. The van der Waals surface area contributed by atoms with Crippen molar-refractivity contribution in [2.75, 3.05) is 6.54 Å². The van der Waals surface area contributed by atoms with Crippen LogP contribution in [0.1, 0.15) is 30.1 Å². The minimum Gasteiger partial charge on any atom is -0.351 e. The molecule has 88 valence electrons. The molecule has 1 amide bonds. The van der Waals surface area contributed by atoms with Crippen LogP contribution in [-0.4, -0.2) is 17.8 Å². The van der Waals surface area contributed by atoms with Crippen LogP contribution < -0.4 is 5.32 Å². The highest BCUT2D eigenvalue weighted by Crippen LogP contribution is 2.05. The molecule has 2 nitrogen and oxygen atoms in total. The van der Waals surface area contributed by atoms with Crippen LogP contribution >= 0.6 is 11.6 Å². The van der Waals surface area contributed by atoms with Gasteiger partial charge in [0.2, 0.25) is 0 Å². The third-order valence-corrected chi connectivity index (χ3v) is 2.55. The van der Waals surface area contributed by atoms with Crippen molar-refractivity contribution in [2.45, 2.75) is 25.1 Å². The van der Waals surface area contributed by atoms with Crippen LogP contribution in [0.4, 0.5) is 4.39 Å². The fraction of sp³-hybridized carbons (Fsp3) is 0.417. The first-order chi connectivity index (χ1) is 7.63. The van der Waals surface area contributed by atoms with Gasteiger partial charge >= 0.3 is 0 Å². The normalized spacial score (nSPS) is 12.2. The predicted octanol–water partition coefficient (Wildman–Crippen LogP) is 2.96. The standard InChI is InChI=1S/C12H15ClFNO/c1-2-4-10(13)8-15-12(16)9-5-3-6-11(14)7-9/h3,5-7,10H,2,4,8H2,1H3,(H,15,16). The monoisotopic (exact) mass is 243 g/mol. The van der Waals surface area contributed by atoms with Crippen molar-refractivity contribution in [1.82, 2.24) is 5.32 Å². The smallest absolute Gasteiger partial charge is 0.251 e. The molecule has 0 spiro atoms. The molecule has 0 radical (unpaired) electrons. The highest BCUT2D eigenvalue weighted by atomic mass is 35.5. The first-order valence-corrected chi connectivity index (χ1v) is 5.75. The second kappa shape index (κ2) is 6.48. The first kappa shape index (κ1) is 13.0. The summed E-state index contributed by atoms with van der Waals surface area (Å²) in [5.74, 6) is -0.704. The zero-order chi connectivity index (χ0) is 12.0. The largest absolute Gasteiger partial charge is 0.351 e. The van der Waals surface area contributed by atoms with E-state index in [1.54, 1.807) is 6.07 Å². The van der Waals surface area contributed by atoms with Gasteiger partial charge in [0.25, 0.3) is 5.91 Å². The van der Waals surface area contributed by atoms with Gasteiger partial charge < -0.3 is 5.32 Å². The Balaban J connectivity index is 2.47. The van der Waals surface area contributed by atoms with Gasteiger partial charge in [-0.05, 0) is 24.6 Å². The molecule has 0 aromatic heterocycles. The maximum atomic E-state index is 12.8. The van der Waals surface area contributed by atoms with Crippen molar-refractivity contribution in [2.24, 2.45) is 0 Å². The van der Waals surface area contributed by atoms with Gasteiger partial charge in [-0.3, -0.25) is 4.79 Å². The van der Waals surface area contributed by atoms with Crippen LogP contribution in [0.25, 0.3) is 0 Å². The van der Waals surface area contributed by atoms with Gasteiger partial charge in [0.15, 0.2) is 0 Å². The number of carbonyl (C=O) groups excluding carboxylic acids is 1. The fourth-order valence-corrected chi connectivity index (χ4v) is 1.65. The number of amides is 1. The van der Waals surface area contributed by atoms with Gasteiger partial charge in [0.05, 0.1) is 5.38 Å². The Morgan fingerprint density at radius 2 is 2.31 bits per heavy atom. The zero-order valence-corrected chi connectivity index (χ0v) is 9.93. The Bertz CT molecular complexity index is 357. The average Bonchev–Trinajstić information content (AvgIpc) is 2.26. The number of nitrogens with one attached hydrogen (secondary N) is 1. The fourth-order valence-electron chi connectivity index (χ4n) is 1.35. The lowest BCUT2D eigenvalue weighted by Crippen LogP contribution is -2.29. The summed E-state index contributed by atoms with van der Waals surface area (Å²) in [7, 11) is 0. The van der Waals surface area contributed by atoms with E-state index in [1.807, 2.05) is 6.92 Å². The molecular weight excluding hydrogens is 229 g/mol. The highest BCUT2D eigenvalue weighted by molar-refractivity contribution is 6.20. The van der Waals surface area contributed by atoms with E-state index in [-0.39, 0.29) is 11.3 Å². The Hall–Kier alpha value is -1.09. The molecule has 1 atom stereocenters. The maximum Gasteiger partial charge on any atom is 0.251 e. The summed E-state index contributed by atoms with van der Waals surface area (Å²) in [6.07, 6.45) is 1.83. The quantitative estimate of drug-likeness (QED) is 0.792. The highest BCUT2D eigenvalue weighted by Gasteiger charge is 2.08. The SMILES string of the molecule is CCCC(Cl)CNC(=O)c1cccc(F)c1. The van der Waals surface area contributed by atoms with Crippen molar-refractivity contribution >= 4 is 17.5 Å². The molecule has 0 aliphatic carbocycles. The number of benzene rings is 1. The van der Waals surface area contributed by atoms with Crippen molar-refractivity contribution in [3.05, 3.63) is 35.6 Å². The number of carbonyl (C=O) groups is 1. The number of hydrogen-bond donors (Lipinski definition) is 1. The second-order valence-electron chi connectivity index (χ2n) is 3.61. The summed E-state index contributed by atoms with van der Waals surface area (Å²) in [4.78, 5) is 11.6. The van der Waals surface area contributed by atoms with Gasteiger partial charge in [-0.2, -0.15) is 0 Å². The molecule has 0 aliphatic rings. The van der Waals surface area contributed by atoms with Gasteiger partial charge in [-0.15, -0.1) is 11.6 Å². The van der Waals surface area contributed by atoms with E-state index in [0.29, 0.717) is 12.1 Å². The van der Waals surface area contributed by atoms with Crippen molar-refractivity contribution in [1.29, 1.82) is 0 Å². The Morgan fingerprint density at radius 3 is 2.94 bits per heavy atom. The topological polar surface area (TPSA) is 29.1 Å². The van der Waals surface area contributed by atoms with Crippen LogP contribution in [0.2, 0.25) is 0 Å². The minimum atomic E-state index is -0.413. The Labute approximate surface area is 99.8 Å². The molecule has 0 heterocycles. The van der Waals surface area contributed by atoms with E-state index in [4.69, 9.17) is 11.6 Å². The van der Waals surface area contributed by atoms with Gasteiger partial charge in [-0.1, -0.05) is 19.4 Å². The Morgan fingerprint density at radius 1 is 1.56 bits per heavy atom. The van der Waals surface area contributed by atoms with E-state index < -0.39 is 5.82 Å². The van der Waals surface area contributed by atoms with E-state index in [1.165, 1.54) is 18.2 Å². The molecule has 0 saturated heterocycles.